The Kier molecular flexibility index (Phi) is 4.16. The Morgan fingerprint density at radius 2 is 1.57 bits per heavy atom. The molecule has 0 aliphatic rings. The van der Waals surface area contributed by atoms with Crippen LogP contribution in [0, 0.1) is 17.5 Å². The summed E-state index contributed by atoms with van der Waals surface area (Å²) in [6, 6.07) is 7.12. The van der Waals surface area contributed by atoms with E-state index in [1.807, 2.05) is 0 Å². The highest BCUT2D eigenvalue weighted by Crippen LogP contribution is 2.22. The molecular weight excluding hydrogens is 281 g/mol. The third kappa shape index (κ3) is 2.99. The van der Waals surface area contributed by atoms with Crippen LogP contribution in [-0.2, 0) is 0 Å². The van der Waals surface area contributed by atoms with E-state index in [1.165, 1.54) is 43.3 Å². The molecule has 2 aromatic rings. The molecule has 0 saturated carbocycles. The Morgan fingerprint density at radius 1 is 1.05 bits per heavy atom. The maximum atomic E-state index is 13.7. The van der Waals surface area contributed by atoms with Crippen molar-refractivity contribution in [3.63, 3.8) is 0 Å². The number of rotatable bonds is 3. The standard InChI is InChI=1S/C15H13F3N2O/c1-19-14-12(17)7-9(8-13(14)18)15(21)20(2)11-5-3-10(16)4-6-11/h3-8,19H,1-2H3. The van der Waals surface area contributed by atoms with E-state index in [9.17, 15) is 18.0 Å². The molecule has 1 amide bonds. The lowest BCUT2D eigenvalue weighted by atomic mass is 10.1. The first-order chi connectivity index (χ1) is 9.93. The summed E-state index contributed by atoms with van der Waals surface area (Å²) in [5.74, 6) is -2.74. The first-order valence-corrected chi connectivity index (χ1v) is 6.14. The van der Waals surface area contributed by atoms with E-state index in [-0.39, 0.29) is 11.3 Å². The molecule has 1 N–H and O–H groups in total. The third-order valence-corrected chi connectivity index (χ3v) is 3.06. The minimum atomic E-state index is -0.853. The van der Waals surface area contributed by atoms with Crippen molar-refractivity contribution < 1.29 is 18.0 Å². The molecule has 2 aromatic carbocycles. The smallest absolute Gasteiger partial charge is 0.258 e. The van der Waals surface area contributed by atoms with Crippen LogP contribution in [0.4, 0.5) is 24.5 Å². The molecule has 0 spiro atoms. The zero-order valence-corrected chi connectivity index (χ0v) is 11.5. The highest BCUT2D eigenvalue weighted by atomic mass is 19.1. The summed E-state index contributed by atoms with van der Waals surface area (Å²) in [5, 5.41) is 2.38. The summed E-state index contributed by atoms with van der Waals surface area (Å²) in [6.07, 6.45) is 0. The van der Waals surface area contributed by atoms with Crippen LogP contribution in [0.5, 0.6) is 0 Å². The molecule has 0 unspecified atom stereocenters. The molecule has 2 rings (SSSR count). The third-order valence-electron chi connectivity index (χ3n) is 3.06. The van der Waals surface area contributed by atoms with Crippen LogP contribution in [0.25, 0.3) is 0 Å². The summed E-state index contributed by atoms with van der Waals surface area (Å²) in [4.78, 5) is 13.4. The van der Waals surface area contributed by atoms with Crippen molar-refractivity contribution in [2.75, 3.05) is 24.3 Å². The summed E-state index contributed by atoms with van der Waals surface area (Å²) in [6.45, 7) is 0. The van der Waals surface area contributed by atoms with Crippen molar-refractivity contribution >= 4 is 17.3 Å². The van der Waals surface area contributed by atoms with Crippen molar-refractivity contribution in [1.82, 2.24) is 0 Å². The fraction of sp³-hybridized carbons (Fsp3) is 0.133. The van der Waals surface area contributed by atoms with Crippen LogP contribution in [0.1, 0.15) is 10.4 Å². The molecule has 0 atom stereocenters. The first kappa shape index (κ1) is 14.9. The molecule has 110 valence electrons. The van der Waals surface area contributed by atoms with Gasteiger partial charge in [-0.05, 0) is 36.4 Å². The molecule has 0 radical (unpaired) electrons. The Hall–Kier alpha value is -2.50. The van der Waals surface area contributed by atoms with Crippen molar-refractivity contribution in [3.8, 4) is 0 Å². The monoisotopic (exact) mass is 294 g/mol. The number of carbonyl (C=O) groups is 1. The molecule has 0 aliphatic carbocycles. The quantitative estimate of drug-likeness (QED) is 0.940. The molecule has 0 aliphatic heterocycles. The van der Waals surface area contributed by atoms with E-state index in [0.29, 0.717) is 5.69 Å². The number of hydrogen-bond acceptors (Lipinski definition) is 2. The molecular formula is C15H13F3N2O. The second kappa shape index (κ2) is 5.87. The second-order valence-electron chi connectivity index (χ2n) is 4.41. The van der Waals surface area contributed by atoms with Gasteiger partial charge < -0.3 is 10.2 Å². The van der Waals surface area contributed by atoms with Gasteiger partial charge in [0, 0.05) is 25.3 Å². The number of benzene rings is 2. The fourth-order valence-corrected chi connectivity index (χ4v) is 1.91. The van der Waals surface area contributed by atoms with Gasteiger partial charge in [-0.3, -0.25) is 4.79 Å². The van der Waals surface area contributed by atoms with Crippen LogP contribution >= 0.6 is 0 Å². The molecule has 3 nitrogen and oxygen atoms in total. The zero-order valence-electron chi connectivity index (χ0n) is 11.5. The van der Waals surface area contributed by atoms with Crippen molar-refractivity contribution in [1.29, 1.82) is 0 Å². The van der Waals surface area contributed by atoms with Gasteiger partial charge in [-0.15, -0.1) is 0 Å². The molecule has 0 fully saturated rings. The second-order valence-corrected chi connectivity index (χ2v) is 4.41. The number of halogens is 3. The van der Waals surface area contributed by atoms with Gasteiger partial charge >= 0.3 is 0 Å². The van der Waals surface area contributed by atoms with E-state index in [0.717, 1.165) is 12.1 Å². The Labute approximate surface area is 120 Å². The summed E-state index contributed by atoms with van der Waals surface area (Å²) in [5.41, 5.74) is -0.00767. The lowest BCUT2D eigenvalue weighted by Gasteiger charge is -2.18. The topological polar surface area (TPSA) is 32.3 Å². The van der Waals surface area contributed by atoms with Crippen LogP contribution in [0.3, 0.4) is 0 Å². The Bertz CT molecular complexity index is 648. The molecule has 6 heteroatoms. The van der Waals surface area contributed by atoms with Crippen molar-refractivity contribution in [3.05, 3.63) is 59.4 Å². The highest BCUT2D eigenvalue weighted by Gasteiger charge is 2.18. The number of nitrogens with one attached hydrogen (secondary N) is 1. The Morgan fingerprint density at radius 3 is 2.05 bits per heavy atom. The number of anilines is 2. The Balaban J connectivity index is 2.33. The highest BCUT2D eigenvalue weighted by molar-refractivity contribution is 6.05. The number of nitrogens with zero attached hydrogens (tertiary/aromatic N) is 1. The van der Waals surface area contributed by atoms with Gasteiger partial charge in [-0.25, -0.2) is 13.2 Å². The van der Waals surface area contributed by atoms with Gasteiger partial charge in [0.2, 0.25) is 0 Å². The van der Waals surface area contributed by atoms with Crippen LogP contribution < -0.4 is 10.2 Å². The van der Waals surface area contributed by atoms with Gasteiger partial charge in [-0.1, -0.05) is 0 Å². The van der Waals surface area contributed by atoms with E-state index >= 15 is 0 Å². The lowest BCUT2D eigenvalue weighted by molar-refractivity contribution is 0.0992. The van der Waals surface area contributed by atoms with Gasteiger partial charge in [0.15, 0.2) is 0 Å². The lowest BCUT2D eigenvalue weighted by Crippen LogP contribution is -2.26. The first-order valence-electron chi connectivity index (χ1n) is 6.14. The predicted molar refractivity (Wildman–Crippen MR) is 75.0 cm³/mol. The van der Waals surface area contributed by atoms with Crippen molar-refractivity contribution in [2.45, 2.75) is 0 Å². The van der Waals surface area contributed by atoms with E-state index < -0.39 is 23.4 Å². The minimum Gasteiger partial charge on any atom is -0.383 e. The van der Waals surface area contributed by atoms with Gasteiger partial charge in [0.1, 0.15) is 23.1 Å². The zero-order chi connectivity index (χ0) is 15.6. The van der Waals surface area contributed by atoms with Gasteiger partial charge in [0.05, 0.1) is 0 Å². The maximum Gasteiger partial charge on any atom is 0.258 e. The average Bonchev–Trinajstić information content (AvgIpc) is 2.46. The average molecular weight is 294 g/mol. The molecule has 0 heterocycles. The normalized spacial score (nSPS) is 10.3. The van der Waals surface area contributed by atoms with Crippen LogP contribution in [0.15, 0.2) is 36.4 Å². The summed E-state index contributed by atoms with van der Waals surface area (Å²) >= 11 is 0. The number of hydrogen-bond donors (Lipinski definition) is 1. The van der Waals surface area contributed by atoms with Gasteiger partial charge in [0.25, 0.3) is 5.91 Å². The van der Waals surface area contributed by atoms with E-state index in [4.69, 9.17) is 0 Å². The number of carbonyl (C=O) groups excluding carboxylic acids is 1. The van der Waals surface area contributed by atoms with Crippen molar-refractivity contribution in [2.24, 2.45) is 0 Å². The SMILES string of the molecule is CNc1c(F)cc(C(=O)N(C)c2ccc(F)cc2)cc1F. The fourth-order valence-electron chi connectivity index (χ4n) is 1.91. The van der Waals surface area contributed by atoms with Crippen LogP contribution in [-0.4, -0.2) is 20.0 Å². The van der Waals surface area contributed by atoms with Crippen LogP contribution in [0.2, 0.25) is 0 Å². The predicted octanol–water partition coefficient (Wildman–Crippen LogP) is 3.42. The molecule has 0 aromatic heterocycles. The molecule has 21 heavy (non-hydrogen) atoms. The van der Waals surface area contributed by atoms with E-state index in [1.54, 1.807) is 0 Å². The summed E-state index contributed by atoms with van der Waals surface area (Å²) < 4.78 is 40.2. The maximum absolute atomic E-state index is 13.7. The molecule has 0 saturated heterocycles. The largest absolute Gasteiger partial charge is 0.383 e. The minimum absolute atomic E-state index is 0.129. The molecule has 0 bridgehead atoms. The summed E-state index contributed by atoms with van der Waals surface area (Å²) in [7, 11) is 2.82. The van der Waals surface area contributed by atoms with Gasteiger partial charge in [-0.2, -0.15) is 0 Å². The number of amides is 1. The van der Waals surface area contributed by atoms with E-state index in [2.05, 4.69) is 5.32 Å².